The van der Waals surface area contributed by atoms with Crippen LogP contribution < -0.4 is 4.74 Å². The van der Waals surface area contributed by atoms with E-state index < -0.39 is 0 Å². The van der Waals surface area contributed by atoms with E-state index in [1.54, 1.807) is 24.4 Å². The summed E-state index contributed by atoms with van der Waals surface area (Å²) in [5, 5.41) is 0. The van der Waals surface area contributed by atoms with Crippen molar-refractivity contribution in [2.24, 2.45) is 0 Å². The van der Waals surface area contributed by atoms with E-state index in [0.717, 1.165) is 17.9 Å². The third kappa shape index (κ3) is 3.39. The molecule has 2 aromatic rings. The molecule has 1 amide bonds. The van der Waals surface area contributed by atoms with Crippen LogP contribution in [0.15, 0.2) is 42.7 Å². The molecule has 0 saturated heterocycles. The molecule has 1 aliphatic rings. The highest BCUT2D eigenvalue weighted by Gasteiger charge is 2.20. The molecule has 1 aliphatic heterocycles. The molecule has 0 aliphatic carbocycles. The topological polar surface area (TPSA) is 55.3 Å². The molecule has 0 N–H and O–H groups in total. The average Bonchev–Trinajstić information content (AvgIpc) is 2.62. The molecule has 0 atom stereocenters. The highest BCUT2D eigenvalue weighted by molar-refractivity contribution is 5.92. The third-order valence-corrected chi connectivity index (χ3v) is 3.96. The van der Waals surface area contributed by atoms with Gasteiger partial charge in [0, 0.05) is 19.3 Å². The van der Waals surface area contributed by atoms with Crippen molar-refractivity contribution < 1.29 is 9.53 Å². The highest BCUT2D eigenvalue weighted by Crippen LogP contribution is 2.24. The predicted octanol–water partition coefficient (Wildman–Crippen LogP) is 2.72. The van der Waals surface area contributed by atoms with Crippen LogP contribution in [0.25, 0.3) is 5.57 Å². The average molecular weight is 309 g/mol. The molecule has 2 heterocycles. The van der Waals surface area contributed by atoms with Crippen LogP contribution in [-0.4, -0.2) is 41.0 Å². The number of ether oxygens (including phenoxy) is 1. The molecule has 5 nitrogen and oxygen atoms in total. The molecule has 0 radical (unpaired) electrons. The van der Waals surface area contributed by atoms with Gasteiger partial charge in [-0.25, -0.2) is 4.98 Å². The first kappa shape index (κ1) is 15.2. The van der Waals surface area contributed by atoms with E-state index in [1.165, 1.54) is 11.1 Å². The van der Waals surface area contributed by atoms with Crippen molar-refractivity contribution in [3.63, 3.8) is 0 Å². The van der Waals surface area contributed by atoms with Crippen molar-refractivity contribution in [3.05, 3.63) is 59.7 Å². The van der Waals surface area contributed by atoms with Crippen molar-refractivity contribution in [2.45, 2.75) is 13.3 Å². The second-order valence-corrected chi connectivity index (χ2v) is 5.50. The van der Waals surface area contributed by atoms with Crippen molar-refractivity contribution in [2.75, 3.05) is 20.2 Å². The van der Waals surface area contributed by atoms with Crippen LogP contribution in [0.3, 0.4) is 0 Å². The van der Waals surface area contributed by atoms with Gasteiger partial charge in [0.25, 0.3) is 5.91 Å². The van der Waals surface area contributed by atoms with Gasteiger partial charge >= 0.3 is 0 Å². The Labute approximate surface area is 135 Å². The van der Waals surface area contributed by atoms with Gasteiger partial charge in [-0.15, -0.1) is 0 Å². The summed E-state index contributed by atoms with van der Waals surface area (Å²) in [4.78, 5) is 22.5. The summed E-state index contributed by atoms with van der Waals surface area (Å²) in [6, 6.07) is 8.01. The van der Waals surface area contributed by atoms with Crippen molar-refractivity contribution in [3.8, 4) is 5.75 Å². The monoisotopic (exact) mass is 309 g/mol. The number of aryl methyl sites for hydroxylation is 1. The van der Waals surface area contributed by atoms with Gasteiger partial charge in [-0.05, 0) is 36.6 Å². The van der Waals surface area contributed by atoms with Gasteiger partial charge < -0.3 is 9.64 Å². The lowest BCUT2D eigenvalue weighted by Gasteiger charge is -2.26. The van der Waals surface area contributed by atoms with E-state index in [2.05, 4.69) is 16.0 Å². The number of amides is 1. The Hall–Kier alpha value is -2.69. The number of methoxy groups -OCH3 is 1. The minimum Gasteiger partial charge on any atom is -0.497 e. The van der Waals surface area contributed by atoms with E-state index in [1.807, 2.05) is 31.2 Å². The molecule has 0 fully saturated rings. The number of aromatic nitrogens is 2. The molecule has 23 heavy (non-hydrogen) atoms. The van der Waals surface area contributed by atoms with Crippen LogP contribution in [-0.2, 0) is 0 Å². The first-order chi connectivity index (χ1) is 11.2. The smallest absolute Gasteiger partial charge is 0.274 e. The summed E-state index contributed by atoms with van der Waals surface area (Å²) in [7, 11) is 1.66. The maximum absolute atomic E-state index is 12.4. The molecule has 0 saturated carbocycles. The van der Waals surface area contributed by atoms with Crippen LogP contribution in [0, 0.1) is 6.92 Å². The summed E-state index contributed by atoms with van der Waals surface area (Å²) in [5.41, 5.74) is 3.64. The lowest BCUT2D eigenvalue weighted by Crippen LogP contribution is -2.35. The molecule has 3 rings (SSSR count). The van der Waals surface area contributed by atoms with Crippen LogP contribution in [0.1, 0.15) is 28.2 Å². The minimum atomic E-state index is -0.0671. The number of benzene rings is 1. The molecule has 0 unspecified atom stereocenters. The normalized spacial score (nSPS) is 14.3. The minimum absolute atomic E-state index is 0.0671. The van der Waals surface area contributed by atoms with E-state index in [0.29, 0.717) is 18.8 Å². The van der Waals surface area contributed by atoms with Gasteiger partial charge in [-0.1, -0.05) is 18.2 Å². The number of hydrogen-bond donors (Lipinski definition) is 0. The van der Waals surface area contributed by atoms with Gasteiger partial charge in [-0.2, -0.15) is 0 Å². The van der Waals surface area contributed by atoms with Gasteiger partial charge in [0.1, 0.15) is 11.4 Å². The Morgan fingerprint density at radius 1 is 1.17 bits per heavy atom. The Balaban J connectivity index is 1.69. The van der Waals surface area contributed by atoms with Crippen molar-refractivity contribution in [1.82, 2.24) is 14.9 Å². The summed E-state index contributed by atoms with van der Waals surface area (Å²) in [6.07, 6.45) is 6.10. The molecule has 1 aromatic heterocycles. The SMILES string of the molecule is COc1ccc(C2=CCN(C(=O)c3cnc(C)cn3)CC2)cc1. The lowest BCUT2D eigenvalue weighted by molar-refractivity contribution is 0.0766. The largest absolute Gasteiger partial charge is 0.497 e. The Kier molecular flexibility index (Phi) is 4.37. The van der Waals surface area contributed by atoms with Crippen LogP contribution in [0.4, 0.5) is 0 Å². The number of nitrogens with zero attached hydrogens (tertiary/aromatic N) is 3. The van der Waals surface area contributed by atoms with Crippen molar-refractivity contribution >= 4 is 11.5 Å². The lowest BCUT2D eigenvalue weighted by atomic mass is 9.99. The summed E-state index contributed by atoms with van der Waals surface area (Å²) in [5.74, 6) is 0.780. The van der Waals surface area contributed by atoms with Gasteiger partial charge in [-0.3, -0.25) is 9.78 Å². The van der Waals surface area contributed by atoms with Gasteiger partial charge in [0.05, 0.1) is 19.0 Å². The van der Waals surface area contributed by atoms with Crippen LogP contribution >= 0.6 is 0 Å². The molecule has 118 valence electrons. The third-order valence-electron chi connectivity index (χ3n) is 3.96. The maximum Gasteiger partial charge on any atom is 0.274 e. The zero-order chi connectivity index (χ0) is 16.2. The first-order valence-corrected chi connectivity index (χ1v) is 7.59. The Morgan fingerprint density at radius 2 is 1.96 bits per heavy atom. The molecule has 5 heteroatoms. The number of rotatable bonds is 3. The number of carbonyl (C=O) groups excluding carboxylic acids is 1. The Bertz CT molecular complexity index is 721. The summed E-state index contributed by atoms with van der Waals surface area (Å²) in [6.45, 7) is 3.13. The number of hydrogen-bond acceptors (Lipinski definition) is 4. The van der Waals surface area contributed by atoms with E-state index >= 15 is 0 Å². The molecular weight excluding hydrogens is 290 g/mol. The van der Waals surface area contributed by atoms with Crippen molar-refractivity contribution in [1.29, 1.82) is 0 Å². The van der Waals surface area contributed by atoms with Crippen LogP contribution in [0.5, 0.6) is 5.75 Å². The highest BCUT2D eigenvalue weighted by atomic mass is 16.5. The second kappa shape index (κ2) is 6.60. The van der Waals surface area contributed by atoms with Gasteiger partial charge in [0.2, 0.25) is 0 Å². The van der Waals surface area contributed by atoms with E-state index in [9.17, 15) is 4.79 Å². The molecule has 0 spiro atoms. The fraction of sp³-hybridized carbons (Fsp3) is 0.278. The van der Waals surface area contributed by atoms with Gasteiger partial charge in [0.15, 0.2) is 0 Å². The quantitative estimate of drug-likeness (QED) is 0.875. The summed E-state index contributed by atoms with van der Waals surface area (Å²) < 4.78 is 5.18. The van der Waals surface area contributed by atoms with E-state index in [-0.39, 0.29) is 5.91 Å². The zero-order valence-corrected chi connectivity index (χ0v) is 13.3. The number of carbonyl (C=O) groups is 1. The Morgan fingerprint density at radius 3 is 2.52 bits per heavy atom. The molecular formula is C18H19N3O2. The first-order valence-electron chi connectivity index (χ1n) is 7.59. The second-order valence-electron chi connectivity index (χ2n) is 5.50. The fourth-order valence-electron chi connectivity index (χ4n) is 2.59. The van der Waals surface area contributed by atoms with Crippen LogP contribution in [0.2, 0.25) is 0 Å². The molecule has 1 aromatic carbocycles. The summed E-state index contributed by atoms with van der Waals surface area (Å²) >= 11 is 0. The predicted molar refractivity (Wildman–Crippen MR) is 88.3 cm³/mol. The molecule has 0 bridgehead atoms. The standard InChI is InChI=1S/C18H19N3O2/c1-13-11-20-17(12-19-13)18(22)21-9-7-15(8-10-21)14-3-5-16(23-2)6-4-14/h3-7,11-12H,8-10H2,1-2H3. The fourth-order valence-corrected chi connectivity index (χ4v) is 2.59. The maximum atomic E-state index is 12.4. The zero-order valence-electron chi connectivity index (χ0n) is 13.3. The van der Waals surface area contributed by atoms with E-state index in [4.69, 9.17) is 4.74 Å².